The Hall–Kier alpha value is -1.46. The van der Waals surface area contributed by atoms with Crippen LogP contribution in [0.5, 0.6) is 0 Å². The summed E-state index contributed by atoms with van der Waals surface area (Å²) in [6.45, 7) is 0.951. The molecule has 0 radical (unpaired) electrons. The average molecular weight is 241 g/mol. The molecule has 0 amide bonds. The molecule has 0 aliphatic heterocycles. The van der Waals surface area contributed by atoms with Crippen molar-refractivity contribution >= 4 is 12.0 Å². The first-order valence-corrected chi connectivity index (χ1v) is 5.33. The molecule has 94 valence electrons. The summed E-state index contributed by atoms with van der Waals surface area (Å²) in [7, 11) is 1.54. The summed E-state index contributed by atoms with van der Waals surface area (Å²) in [5, 5.41) is 8.96. The van der Waals surface area contributed by atoms with Crippen molar-refractivity contribution in [1.82, 2.24) is 0 Å². The molecule has 1 rings (SSSR count). The van der Waals surface area contributed by atoms with E-state index >= 15 is 0 Å². The van der Waals surface area contributed by atoms with Crippen molar-refractivity contribution in [2.45, 2.75) is 0 Å². The van der Waals surface area contributed by atoms with Crippen molar-refractivity contribution in [3.05, 3.63) is 29.6 Å². The number of halogens is 1. The van der Waals surface area contributed by atoms with E-state index in [0.29, 0.717) is 19.4 Å². The number of aldehydes is 1. The van der Waals surface area contributed by atoms with Crippen molar-refractivity contribution < 1.29 is 19.0 Å². The molecule has 1 N–H and O–H groups in total. The Labute approximate surface area is 99.6 Å². The zero-order valence-corrected chi connectivity index (χ0v) is 9.73. The van der Waals surface area contributed by atoms with Crippen molar-refractivity contribution in [3.8, 4) is 0 Å². The Morgan fingerprint density at radius 2 is 2.24 bits per heavy atom. The van der Waals surface area contributed by atoms with E-state index in [1.165, 1.54) is 12.1 Å². The largest absolute Gasteiger partial charge is 0.395 e. The van der Waals surface area contributed by atoms with Crippen LogP contribution in [-0.4, -0.2) is 44.8 Å². The number of ether oxygens (including phenoxy) is 1. The molecule has 0 atom stereocenters. The maximum Gasteiger partial charge on any atom is 0.152 e. The fourth-order valence-corrected chi connectivity index (χ4v) is 1.62. The van der Waals surface area contributed by atoms with E-state index in [2.05, 4.69) is 0 Å². The molecular weight excluding hydrogens is 225 g/mol. The molecule has 0 spiro atoms. The number of aliphatic hydroxyl groups excluding tert-OH is 1. The second-order valence-electron chi connectivity index (χ2n) is 3.50. The Bertz CT molecular complexity index is 371. The lowest BCUT2D eigenvalue weighted by molar-refractivity contribution is 0.112. The second-order valence-corrected chi connectivity index (χ2v) is 3.50. The van der Waals surface area contributed by atoms with E-state index in [1.54, 1.807) is 18.1 Å². The van der Waals surface area contributed by atoms with Crippen LogP contribution in [0.2, 0.25) is 0 Å². The van der Waals surface area contributed by atoms with Gasteiger partial charge in [0.25, 0.3) is 0 Å². The number of hydrogen-bond donors (Lipinski definition) is 1. The quantitative estimate of drug-likeness (QED) is 0.726. The molecule has 0 heterocycles. The first-order chi connectivity index (χ1) is 8.24. The average Bonchev–Trinajstić information content (AvgIpc) is 2.34. The molecule has 5 heteroatoms. The number of rotatable bonds is 7. The molecule has 0 saturated carbocycles. The van der Waals surface area contributed by atoms with Gasteiger partial charge in [0, 0.05) is 25.8 Å². The van der Waals surface area contributed by atoms with Gasteiger partial charge in [-0.1, -0.05) is 6.07 Å². The van der Waals surface area contributed by atoms with Gasteiger partial charge < -0.3 is 14.7 Å². The molecule has 0 aromatic heterocycles. The van der Waals surface area contributed by atoms with Gasteiger partial charge in [0.05, 0.1) is 18.9 Å². The van der Waals surface area contributed by atoms with Gasteiger partial charge in [0.1, 0.15) is 5.82 Å². The van der Waals surface area contributed by atoms with Gasteiger partial charge in [-0.3, -0.25) is 4.79 Å². The molecule has 0 saturated heterocycles. The molecule has 1 aromatic carbocycles. The maximum absolute atomic E-state index is 13.7. The number of nitrogens with zero attached hydrogens (tertiary/aromatic N) is 1. The van der Waals surface area contributed by atoms with Crippen LogP contribution >= 0.6 is 0 Å². The standard InChI is InChI=1S/C12H16FNO3/c1-17-8-6-14(5-7-15)12-10(9-16)3-2-4-11(12)13/h2-4,9,15H,5-8H2,1H3. The number of carbonyl (C=O) groups excluding carboxylic acids is 1. The van der Waals surface area contributed by atoms with E-state index < -0.39 is 5.82 Å². The van der Waals surface area contributed by atoms with Crippen LogP contribution in [0.4, 0.5) is 10.1 Å². The first-order valence-electron chi connectivity index (χ1n) is 5.33. The lowest BCUT2D eigenvalue weighted by Crippen LogP contribution is -2.31. The number of benzene rings is 1. The van der Waals surface area contributed by atoms with E-state index in [9.17, 15) is 9.18 Å². The monoisotopic (exact) mass is 241 g/mol. The highest BCUT2D eigenvalue weighted by atomic mass is 19.1. The van der Waals surface area contributed by atoms with Gasteiger partial charge in [0.15, 0.2) is 6.29 Å². The molecular formula is C12H16FNO3. The zero-order chi connectivity index (χ0) is 12.7. The molecule has 0 aliphatic rings. The number of para-hydroxylation sites is 1. The molecule has 17 heavy (non-hydrogen) atoms. The fraction of sp³-hybridized carbons (Fsp3) is 0.417. The summed E-state index contributed by atoms with van der Waals surface area (Å²) in [6.07, 6.45) is 0.607. The van der Waals surface area contributed by atoms with Crippen LogP contribution in [-0.2, 0) is 4.74 Å². The van der Waals surface area contributed by atoms with Crippen molar-refractivity contribution in [2.75, 3.05) is 38.3 Å². The SMILES string of the molecule is COCCN(CCO)c1c(F)cccc1C=O. The Morgan fingerprint density at radius 3 is 2.82 bits per heavy atom. The minimum Gasteiger partial charge on any atom is -0.395 e. The lowest BCUT2D eigenvalue weighted by Gasteiger charge is -2.25. The lowest BCUT2D eigenvalue weighted by atomic mass is 10.1. The van der Waals surface area contributed by atoms with Gasteiger partial charge >= 0.3 is 0 Å². The second kappa shape index (κ2) is 6.98. The van der Waals surface area contributed by atoms with E-state index in [0.717, 1.165) is 0 Å². The third-order valence-corrected chi connectivity index (χ3v) is 2.40. The van der Waals surface area contributed by atoms with Gasteiger partial charge in [-0.15, -0.1) is 0 Å². The van der Waals surface area contributed by atoms with Gasteiger partial charge in [-0.05, 0) is 12.1 Å². The van der Waals surface area contributed by atoms with E-state index in [-0.39, 0.29) is 24.4 Å². The van der Waals surface area contributed by atoms with Crippen molar-refractivity contribution in [1.29, 1.82) is 0 Å². The maximum atomic E-state index is 13.7. The smallest absolute Gasteiger partial charge is 0.152 e. The molecule has 0 aliphatic carbocycles. The predicted molar refractivity (Wildman–Crippen MR) is 63.0 cm³/mol. The van der Waals surface area contributed by atoms with Gasteiger partial charge in [0.2, 0.25) is 0 Å². The third kappa shape index (κ3) is 3.51. The van der Waals surface area contributed by atoms with Crippen LogP contribution < -0.4 is 4.90 Å². The van der Waals surface area contributed by atoms with Crippen LogP contribution in [0, 0.1) is 5.82 Å². The highest BCUT2D eigenvalue weighted by Gasteiger charge is 2.15. The number of aliphatic hydroxyl groups is 1. The zero-order valence-electron chi connectivity index (χ0n) is 9.73. The van der Waals surface area contributed by atoms with Crippen LogP contribution in [0.15, 0.2) is 18.2 Å². The van der Waals surface area contributed by atoms with Gasteiger partial charge in [-0.25, -0.2) is 4.39 Å². The van der Waals surface area contributed by atoms with Crippen LogP contribution in [0.3, 0.4) is 0 Å². The number of methoxy groups -OCH3 is 1. The first kappa shape index (κ1) is 13.6. The normalized spacial score (nSPS) is 10.3. The number of hydrogen-bond acceptors (Lipinski definition) is 4. The van der Waals surface area contributed by atoms with Crippen molar-refractivity contribution in [3.63, 3.8) is 0 Å². The number of carbonyl (C=O) groups is 1. The minimum absolute atomic E-state index is 0.115. The van der Waals surface area contributed by atoms with E-state index in [1.807, 2.05) is 0 Å². The summed E-state index contributed by atoms with van der Waals surface area (Å²) in [6, 6.07) is 4.32. The highest BCUT2D eigenvalue weighted by molar-refractivity contribution is 5.84. The fourth-order valence-electron chi connectivity index (χ4n) is 1.62. The summed E-state index contributed by atoms with van der Waals surface area (Å²) in [4.78, 5) is 12.5. The molecule has 4 nitrogen and oxygen atoms in total. The molecule has 0 unspecified atom stereocenters. The van der Waals surface area contributed by atoms with Gasteiger partial charge in [-0.2, -0.15) is 0 Å². The Balaban J connectivity index is 3.02. The third-order valence-electron chi connectivity index (χ3n) is 2.40. The number of anilines is 1. The summed E-state index contributed by atoms with van der Waals surface area (Å²) in [5.74, 6) is -0.473. The minimum atomic E-state index is -0.473. The summed E-state index contributed by atoms with van der Waals surface area (Å²) >= 11 is 0. The Morgan fingerprint density at radius 1 is 1.47 bits per heavy atom. The Kier molecular flexibility index (Phi) is 5.59. The topological polar surface area (TPSA) is 49.8 Å². The predicted octanol–water partition coefficient (Wildman–Crippen LogP) is 1.08. The molecule has 0 fully saturated rings. The summed E-state index contributed by atoms with van der Waals surface area (Å²) in [5.41, 5.74) is 0.489. The highest BCUT2D eigenvalue weighted by Crippen LogP contribution is 2.22. The van der Waals surface area contributed by atoms with Crippen LogP contribution in [0.25, 0.3) is 0 Å². The molecule has 1 aromatic rings. The van der Waals surface area contributed by atoms with Crippen molar-refractivity contribution in [2.24, 2.45) is 0 Å². The van der Waals surface area contributed by atoms with E-state index in [4.69, 9.17) is 9.84 Å². The molecule has 0 bridgehead atoms. The van der Waals surface area contributed by atoms with Crippen LogP contribution in [0.1, 0.15) is 10.4 Å². The summed E-state index contributed by atoms with van der Waals surface area (Å²) < 4.78 is 18.6.